The Morgan fingerprint density at radius 3 is 2.53 bits per heavy atom. The normalized spacial score (nSPS) is 10.5. The molecule has 0 atom stereocenters. The molecular weight excluding hydrogens is 250 g/mol. The maximum Gasteiger partial charge on any atom is 0.197 e. The van der Waals surface area contributed by atoms with Crippen molar-refractivity contribution in [2.75, 3.05) is 12.9 Å². The number of ether oxygens (including phenoxy) is 1. The van der Waals surface area contributed by atoms with E-state index >= 15 is 0 Å². The summed E-state index contributed by atoms with van der Waals surface area (Å²) >= 11 is 3.44. The van der Waals surface area contributed by atoms with Gasteiger partial charge >= 0.3 is 0 Å². The summed E-state index contributed by atoms with van der Waals surface area (Å²) in [5, 5.41) is 1.92. The first-order chi connectivity index (χ1) is 8.24. The third kappa shape index (κ3) is 2.82. The van der Waals surface area contributed by atoms with Gasteiger partial charge in [-0.2, -0.15) is 0 Å². The average Bonchev–Trinajstić information content (AvgIpc) is 2.72. The first-order valence-corrected chi connectivity index (χ1v) is 7.29. The number of thiazole rings is 1. The molecule has 0 saturated carbocycles. The van der Waals surface area contributed by atoms with Gasteiger partial charge in [0.1, 0.15) is 5.01 Å². The van der Waals surface area contributed by atoms with E-state index < -0.39 is 0 Å². The molecule has 0 aliphatic rings. The van der Waals surface area contributed by atoms with Gasteiger partial charge in [-0.1, -0.05) is 30.4 Å². The van der Waals surface area contributed by atoms with Crippen molar-refractivity contribution in [2.45, 2.75) is 18.7 Å². The molecule has 0 spiro atoms. The van der Waals surface area contributed by atoms with E-state index in [4.69, 9.17) is 4.74 Å². The highest BCUT2D eigenvalue weighted by Crippen LogP contribution is 2.33. The Hall–Kier alpha value is -1.00. The van der Waals surface area contributed by atoms with Crippen LogP contribution in [0.25, 0.3) is 10.6 Å². The first-order valence-electron chi connectivity index (χ1n) is 5.49. The molecular formula is C13H15NOS2. The summed E-state index contributed by atoms with van der Waals surface area (Å²) in [5.74, 6) is 1.10. The monoisotopic (exact) mass is 265 g/mol. The number of aromatic nitrogens is 1. The zero-order valence-electron chi connectivity index (χ0n) is 10.2. The van der Waals surface area contributed by atoms with Crippen molar-refractivity contribution in [1.29, 1.82) is 0 Å². The third-order valence-corrected chi connectivity index (χ3v) is 4.41. The topological polar surface area (TPSA) is 22.1 Å². The number of rotatable bonds is 4. The molecule has 90 valence electrons. The lowest BCUT2D eigenvalue weighted by molar-refractivity contribution is 0.423. The largest absolute Gasteiger partial charge is 0.486 e. The summed E-state index contributed by atoms with van der Waals surface area (Å²) < 4.78 is 5.26. The highest BCUT2D eigenvalue weighted by molar-refractivity contribution is 7.99. The van der Waals surface area contributed by atoms with Gasteiger partial charge in [-0.05, 0) is 24.8 Å². The van der Waals surface area contributed by atoms with Crippen LogP contribution in [0.5, 0.6) is 5.06 Å². The lowest BCUT2D eigenvalue weighted by atomic mass is 10.2. The van der Waals surface area contributed by atoms with E-state index in [2.05, 4.69) is 36.2 Å². The maximum absolute atomic E-state index is 5.26. The van der Waals surface area contributed by atoms with Gasteiger partial charge in [0.05, 0.1) is 12.8 Å². The molecule has 1 aromatic carbocycles. The van der Waals surface area contributed by atoms with Crippen LogP contribution in [0.3, 0.4) is 0 Å². The molecule has 0 bridgehead atoms. The fourth-order valence-electron chi connectivity index (χ4n) is 1.56. The summed E-state index contributed by atoms with van der Waals surface area (Å²) in [4.78, 5) is 5.82. The van der Waals surface area contributed by atoms with Crippen LogP contribution in [-0.4, -0.2) is 17.8 Å². The summed E-state index contributed by atoms with van der Waals surface area (Å²) in [6, 6.07) is 8.53. The molecule has 0 aliphatic heterocycles. The molecule has 2 rings (SSSR count). The number of nitrogens with zero attached hydrogens (tertiary/aromatic N) is 1. The number of thioether (sulfide) groups is 1. The van der Waals surface area contributed by atoms with Gasteiger partial charge < -0.3 is 4.74 Å². The molecule has 4 heteroatoms. The van der Waals surface area contributed by atoms with E-state index in [-0.39, 0.29) is 0 Å². The number of hydrogen-bond donors (Lipinski definition) is 0. The van der Waals surface area contributed by atoms with Crippen molar-refractivity contribution in [3.05, 3.63) is 30.0 Å². The number of hydrogen-bond acceptors (Lipinski definition) is 4. The molecule has 2 nitrogen and oxygen atoms in total. The molecule has 1 heterocycles. The van der Waals surface area contributed by atoms with Crippen molar-refractivity contribution in [3.63, 3.8) is 0 Å². The van der Waals surface area contributed by atoms with Gasteiger partial charge in [-0.15, -0.1) is 11.8 Å². The van der Waals surface area contributed by atoms with E-state index in [0.29, 0.717) is 0 Å². The van der Waals surface area contributed by atoms with Crippen LogP contribution >= 0.6 is 23.1 Å². The molecule has 1 aromatic heterocycles. The van der Waals surface area contributed by atoms with E-state index in [0.717, 1.165) is 27.1 Å². The summed E-state index contributed by atoms with van der Waals surface area (Å²) in [5.41, 5.74) is 2.11. The zero-order valence-corrected chi connectivity index (χ0v) is 11.8. The fourth-order valence-corrected chi connectivity index (χ4v) is 3.11. The second-order valence-electron chi connectivity index (χ2n) is 3.55. The van der Waals surface area contributed by atoms with Crippen molar-refractivity contribution in [3.8, 4) is 15.6 Å². The molecule has 2 aromatic rings. The number of benzene rings is 1. The molecule has 0 saturated heterocycles. The Labute approximate surface area is 110 Å². The van der Waals surface area contributed by atoms with Crippen LogP contribution < -0.4 is 4.74 Å². The third-order valence-electron chi connectivity index (χ3n) is 2.35. The minimum Gasteiger partial charge on any atom is -0.486 e. The second kappa shape index (κ2) is 5.56. The second-order valence-corrected chi connectivity index (χ2v) is 5.85. The van der Waals surface area contributed by atoms with Gasteiger partial charge in [0.25, 0.3) is 0 Å². The highest BCUT2D eigenvalue weighted by atomic mass is 32.2. The lowest BCUT2D eigenvalue weighted by Crippen LogP contribution is -1.80. The van der Waals surface area contributed by atoms with Crippen molar-refractivity contribution in [2.24, 2.45) is 0 Å². The Morgan fingerprint density at radius 1 is 1.29 bits per heavy atom. The van der Waals surface area contributed by atoms with E-state index in [1.807, 2.05) is 18.7 Å². The predicted molar refractivity (Wildman–Crippen MR) is 75.2 cm³/mol. The van der Waals surface area contributed by atoms with Gasteiger partial charge in [0.15, 0.2) is 5.06 Å². The Morgan fingerprint density at radius 2 is 2.00 bits per heavy atom. The maximum atomic E-state index is 5.26. The van der Waals surface area contributed by atoms with Gasteiger partial charge in [-0.3, -0.25) is 0 Å². The van der Waals surface area contributed by atoms with E-state index in [9.17, 15) is 0 Å². The van der Waals surface area contributed by atoms with Crippen LogP contribution in [-0.2, 0) is 0 Å². The number of methoxy groups -OCH3 is 1. The molecule has 0 amide bonds. The van der Waals surface area contributed by atoms with Gasteiger partial charge in [-0.25, -0.2) is 4.98 Å². The van der Waals surface area contributed by atoms with Crippen LogP contribution in [0, 0.1) is 6.92 Å². The highest BCUT2D eigenvalue weighted by Gasteiger charge is 2.09. The van der Waals surface area contributed by atoms with Crippen LogP contribution in [0.15, 0.2) is 29.2 Å². The van der Waals surface area contributed by atoms with Crippen LogP contribution in [0.1, 0.15) is 12.6 Å². The smallest absolute Gasteiger partial charge is 0.197 e. The Kier molecular flexibility index (Phi) is 4.07. The minimum atomic E-state index is 0.895. The van der Waals surface area contributed by atoms with E-state index in [1.165, 1.54) is 4.90 Å². The van der Waals surface area contributed by atoms with Crippen LogP contribution in [0.4, 0.5) is 0 Å². The summed E-state index contributed by atoms with van der Waals surface area (Å²) in [7, 11) is 1.69. The molecule has 17 heavy (non-hydrogen) atoms. The minimum absolute atomic E-state index is 0.895. The van der Waals surface area contributed by atoms with Gasteiger partial charge in [0.2, 0.25) is 0 Å². The van der Waals surface area contributed by atoms with Gasteiger partial charge in [0, 0.05) is 10.5 Å². The molecule has 0 unspecified atom stereocenters. The molecule has 0 aliphatic carbocycles. The molecule has 0 fully saturated rings. The first kappa shape index (κ1) is 12.5. The Bertz CT molecular complexity index is 491. The van der Waals surface area contributed by atoms with Crippen molar-refractivity contribution in [1.82, 2.24) is 4.98 Å². The standard InChI is InChI=1S/C13H15NOS2/c1-4-16-11-7-5-10(6-8-11)12-14-9(2)13(15-3)17-12/h5-8H,4H2,1-3H3. The average molecular weight is 265 g/mol. The van der Waals surface area contributed by atoms with Crippen LogP contribution in [0.2, 0.25) is 0 Å². The van der Waals surface area contributed by atoms with Crippen molar-refractivity contribution >= 4 is 23.1 Å². The fraction of sp³-hybridized carbons (Fsp3) is 0.308. The molecule has 0 radical (unpaired) electrons. The summed E-state index contributed by atoms with van der Waals surface area (Å²) in [6.07, 6.45) is 0. The van der Waals surface area contributed by atoms with E-state index in [1.54, 1.807) is 18.4 Å². The summed E-state index contributed by atoms with van der Waals surface area (Å²) in [6.45, 7) is 4.13. The Balaban J connectivity index is 2.26. The SMILES string of the molecule is CCSc1ccc(-c2nc(C)c(OC)s2)cc1. The molecule has 0 N–H and O–H groups in total. The predicted octanol–water partition coefficient (Wildman–Crippen LogP) is 4.24. The lowest BCUT2D eigenvalue weighted by Gasteiger charge is -1.99. The quantitative estimate of drug-likeness (QED) is 0.772. The van der Waals surface area contributed by atoms with Crippen molar-refractivity contribution < 1.29 is 4.74 Å². The zero-order chi connectivity index (χ0) is 12.3. The number of aryl methyl sites for hydroxylation is 1.